The van der Waals surface area contributed by atoms with Crippen molar-refractivity contribution in [2.24, 2.45) is 0 Å². The Morgan fingerprint density at radius 2 is 2.04 bits per heavy atom. The third kappa shape index (κ3) is 5.67. The molecule has 0 aromatic heterocycles. The molecule has 5 nitrogen and oxygen atoms in total. The fraction of sp³-hybridized carbons (Fsp3) is 0.556. The number of carbonyl (C=O) groups is 2. The van der Waals surface area contributed by atoms with Crippen LogP contribution in [0.15, 0.2) is 30.3 Å². The van der Waals surface area contributed by atoms with Crippen LogP contribution >= 0.6 is 0 Å². The molecule has 0 radical (unpaired) electrons. The molecule has 1 aliphatic heterocycles. The van der Waals surface area contributed by atoms with Crippen molar-refractivity contribution >= 4 is 11.8 Å². The van der Waals surface area contributed by atoms with E-state index < -0.39 is 6.04 Å². The van der Waals surface area contributed by atoms with E-state index in [4.69, 9.17) is 0 Å². The van der Waals surface area contributed by atoms with Gasteiger partial charge in [0.05, 0.1) is 6.54 Å². The molecule has 0 aliphatic carbocycles. The zero-order valence-corrected chi connectivity index (χ0v) is 14.0. The van der Waals surface area contributed by atoms with Gasteiger partial charge in [0.1, 0.15) is 6.04 Å². The number of nitrogens with one attached hydrogen (secondary N) is 2. The van der Waals surface area contributed by atoms with Gasteiger partial charge in [-0.1, -0.05) is 30.3 Å². The standard InChI is InChI=1S/C18H27N3O2/c1-14(2)21(12-15-8-4-3-5-9-15)13-17(22)20-16-10-6-7-11-19-18(16)23/h3-5,8-9,14,16H,6-7,10-13H2,1-2H3,(H,19,23)(H,20,22)/t16-/m1/s1. The van der Waals surface area contributed by atoms with Gasteiger partial charge in [-0.15, -0.1) is 0 Å². The van der Waals surface area contributed by atoms with Crippen molar-refractivity contribution in [2.75, 3.05) is 13.1 Å². The van der Waals surface area contributed by atoms with Crippen LogP contribution in [0.25, 0.3) is 0 Å². The molecule has 2 N–H and O–H groups in total. The minimum absolute atomic E-state index is 0.0602. The van der Waals surface area contributed by atoms with Crippen molar-refractivity contribution in [1.29, 1.82) is 0 Å². The second-order valence-electron chi connectivity index (χ2n) is 6.39. The lowest BCUT2D eigenvalue weighted by Crippen LogP contribution is -2.49. The van der Waals surface area contributed by atoms with Gasteiger partial charge in [0.15, 0.2) is 0 Å². The maximum absolute atomic E-state index is 12.3. The minimum Gasteiger partial charge on any atom is -0.354 e. The van der Waals surface area contributed by atoms with Gasteiger partial charge in [-0.2, -0.15) is 0 Å². The maximum atomic E-state index is 12.3. The first-order chi connectivity index (χ1) is 11.1. The average Bonchev–Trinajstić information content (AvgIpc) is 2.72. The number of hydrogen-bond donors (Lipinski definition) is 2. The number of nitrogens with zero attached hydrogens (tertiary/aromatic N) is 1. The second-order valence-corrected chi connectivity index (χ2v) is 6.39. The average molecular weight is 317 g/mol. The van der Waals surface area contributed by atoms with Crippen LogP contribution in [0.2, 0.25) is 0 Å². The summed E-state index contributed by atoms with van der Waals surface area (Å²) in [5.41, 5.74) is 1.18. The van der Waals surface area contributed by atoms with Crippen molar-refractivity contribution in [2.45, 2.75) is 51.7 Å². The predicted molar refractivity (Wildman–Crippen MR) is 90.8 cm³/mol. The van der Waals surface area contributed by atoms with E-state index in [1.165, 1.54) is 5.56 Å². The van der Waals surface area contributed by atoms with Crippen molar-refractivity contribution in [3.8, 4) is 0 Å². The van der Waals surface area contributed by atoms with E-state index in [-0.39, 0.29) is 17.9 Å². The van der Waals surface area contributed by atoms with Gasteiger partial charge in [-0.05, 0) is 38.7 Å². The molecule has 5 heteroatoms. The molecule has 2 amide bonds. The quantitative estimate of drug-likeness (QED) is 0.839. The normalized spacial score (nSPS) is 18.6. The molecule has 0 saturated carbocycles. The Hall–Kier alpha value is -1.88. The van der Waals surface area contributed by atoms with Gasteiger partial charge in [-0.3, -0.25) is 14.5 Å². The zero-order chi connectivity index (χ0) is 16.7. The smallest absolute Gasteiger partial charge is 0.242 e. The Bertz CT molecular complexity index is 516. The molecule has 126 valence electrons. The van der Waals surface area contributed by atoms with Crippen molar-refractivity contribution in [3.05, 3.63) is 35.9 Å². The molecule has 0 unspecified atom stereocenters. The minimum atomic E-state index is -0.393. The summed E-state index contributed by atoms with van der Waals surface area (Å²) in [5.74, 6) is -0.147. The van der Waals surface area contributed by atoms with Gasteiger partial charge in [-0.25, -0.2) is 0 Å². The van der Waals surface area contributed by atoms with Gasteiger partial charge in [0.25, 0.3) is 0 Å². The van der Waals surface area contributed by atoms with Crippen LogP contribution in [0.4, 0.5) is 0 Å². The van der Waals surface area contributed by atoms with Crippen LogP contribution in [0.5, 0.6) is 0 Å². The fourth-order valence-electron chi connectivity index (χ4n) is 2.74. The maximum Gasteiger partial charge on any atom is 0.242 e. The highest BCUT2D eigenvalue weighted by molar-refractivity contribution is 5.88. The lowest BCUT2D eigenvalue weighted by molar-refractivity contribution is -0.129. The number of hydrogen-bond acceptors (Lipinski definition) is 3. The molecule has 1 heterocycles. The van der Waals surface area contributed by atoms with Crippen LogP contribution in [-0.2, 0) is 16.1 Å². The first-order valence-corrected chi connectivity index (χ1v) is 8.41. The summed E-state index contributed by atoms with van der Waals surface area (Å²) < 4.78 is 0. The highest BCUT2D eigenvalue weighted by Gasteiger charge is 2.23. The first-order valence-electron chi connectivity index (χ1n) is 8.41. The third-order valence-electron chi connectivity index (χ3n) is 4.18. The molecular formula is C18H27N3O2. The van der Waals surface area contributed by atoms with Gasteiger partial charge < -0.3 is 10.6 Å². The van der Waals surface area contributed by atoms with Crippen LogP contribution in [0.3, 0.4) is 0 Å². The SMILES string of the molecule is CC(C)N(CC(=O)N[C@@H]1CCCCNC1=O)Cc1ccccc1. The Morgan fingerprint density at radius 1 is 1.30 bits per heavy atom. The summed E-state index contributed by atoms with van der Waals surface area (Å²) in [6.07, 6.45) is 2.66. The summed E-state index contributed by atoms with van der Waals surface area (Å²) >= 11 is 0. The molecule has 1 atom stereocenters. The lowest BCUT2D eigenvalue weighted by atomic mass is 10.1. The topological polar surface area (TPSA) is 61.4 Å². The fourth-order valence-corrected chi connectivity index (χ4v) is 2.74. The highest BCUT2D eigenvalue weighted by Crippen LogP contribution is 2.09. The van der Waals surface area contributed by atoms with Crippen molar-refractivity contribution < 1.29 is 9.59 Å². The van der Waals surface area contributed by atoms with Crippen LogP contribution in [-0.4, -0.2) is 41.9 Å². The highest BCUT2D eigenvalue weighted by atomic mass is 16.2. The zero-order valence-electron chi connectivity index (χ0n) is 14.0. The monoisotopic (exact) mass is 317 g/mol. The molecule has 1 fully saturated rings. The largest absolute Gasteiger partial charge is 0.354 e. The van der Waals surface area contributed by atoms with Gasteiger partial charge >= 0.3 is 0 Å². The third-order valence-corrected chi connectivity index (χ3v) is 4.18. The summed E-state index contributed by atoms with van der Waals surface area (Å²) in [6, 6.07) is 9.98. The molecule has 1 saturated heterocycles. The number of amides is 2. The molecule has 0 bridgehead atoms. The Kier molecular flexibility index (Phi) is 6.59. The number of carbonyl (C=O) groups excluding carboxylic acids is 2. The molecule has 1 aromatic rings. The molecule has 1 aromatic carbocycles. The van der Waals surface area contributed by atoms with Crippen LogP contribution in [0, 0.1) is 0 Å². The van der Waals surface area contributed by atoms with E-state index in [2.05, 4.69) is 41.5 Å². The number of benzene rings is 1. The lowest BCUT2D eigenvalue weighted by Gasteiger charge is -2.27. The van der Waals surface area contributed by atoms with Crippen molar-refractivity contribution in [1.82, 2.24) is 15.5 Å². The summed E-state index contributed by atoms with van der Waals surface area (Å²) in [5, 5.41) is 5.74. The van der Waals surface area contributed by atoms with E-state index in [1.54, 1.807) is 0 Å². The van der Waals surface area contributed by atoms with E-state index in [1.807, 2.05) is 18.2 Å². The second kappa shape index (κ2) is 8.67. The first kappa shape index (κ1) is 17.5. The van der Waals surface area contributed by atoms with E-state index in [0.29, 0.717) is 13.1 Å². The Morgan fingerprint density at radius 3 is 2.74 bits per heavy atom. The van der Waals surface area contributed by atoms with E-state index in [9.17, 15) is 9.59 Å². The predicted octanol–water partition coefficient (Wildman–Crippen LogP) is 1.68. The van der Waals surface area contributed by atoms with Gasteiger partial charge in [0, 0.05) is 19.1 Å². The van der Waals surface area contributed by atoms with Gasteiger partial charge in [0.2, 0.25) is 11.8 Å². The molecular weight excluding hydrogens is 290 g/mol. The van der Waals surface area contributed by atoms with Crippen LogP contribution in [0.1, 0.15) is 38.7 Å². The number of rotatable bonds is 6. The van der Waals surface area contributed by atoms with Crippen LogP contribution < -0.4 is 10.6 Å². The van der Waals surface area contributed by atoms with E-state index >= 15 is 0 Å². The Labute approximate surface area is 138 Å². The summed E-state index contributed by atoms with van der Waals surface area (Å²) in [6.45, 7) is 5.89. The Balaban J connectivity index is 1.91. The molecule has 2 rings (SSSR count). The van der Waals surface area contributed by atoms with E-state index in [0.717, 1.165) is 25.8 Å². The molecule has 1 aliphatic rings. The summed E-state index contributed by atoms with van der Waals surface area (Å²) in [4.78, 5) is 26.4. The summed E-state index contributed by atoms with van der Waals surface area (Å²) in [7, 11) is 0. The van der Waals surface area contributed by atoms with Crippen molar-refractivity contribution in [3.63, 3.8) is 0 Å². The molecule has 0 spiro atoms. The molecule has 23 heavy (non-hydrogen) atoms.